The summed E-state index contributed by atoms with van der Waals surface area (Å²) in [4.78, 5) is 14.0. The lowest BCUT2D eigenvalue weighted by Crippen LogP contribution is -2.42. The molecular weight excluding hydrogens is 202 g/mol. The largest absolute Gasteiger partial charge is 0.444 e. The number of hydrogen-bond donors (Lipinski definition) is 0. The van der Waals surface area contributed by atoms with Crippen molar-refractivity contribution in [3.63, 3.8) is 0 Å². The molecule has 16 heavy (non-hydrogen) atoms. The van der Waals surface area contributed by atoms with Crippen LogP contribution in [0.2, 0.25) is 0 Å². The molecular formula is C13H23NO2. The molecule has 3 heteroatoms. The van der Waals surface area contributed by atoms with Crippen molar-refractivity contribution in [3.8, 4) is 0 Å². The maximum absolute atomic E-state index is 12.0. The normalized spacial score (nSPS) is 30.1. The summed E-state index contributed by atoms with van der Waals surface area (Å²) >= 11 is 0. The van der Waals surface area contributed by atoms with Gasteiger partial charge in [-0.3, -0.25) is 0 Å². The van der Waals surface area contributed by atoms with Crippen LogP contribution in [0.25, 0.3) is 0 Å². The summed E-state index contributed by atoms with van der Waals surface area (Å²) in [5, 5.41) is 0. The second-order valence-corrected chi connectivity index (χ2v) is 6.07. The highest BCUT2D eigenvalue weighted by Crippen LogP contribution is 2.36. The lowest BCUT2D eigenvalue weighted by molar-refractivity contribution is 0.0182. The molecule has 0 spiro atoms. The highest BCUT2D eigenvalue weighted by atomic mass is 16.6. The van der Waals surface area contributed by atoms with E-state index in [2.05, 4.69) is 0 Å². The number of fused-ring (bicyclic) bond motifs is 1. The van der Waals surface area contributed by atoms with E-state index in [1.165, 1.54) is 32.1 Å². The summed E-state index contributed by atoms with van der Waals surface area (Å²) < 4.78 is 5.46. The van der Waals surface area contributed by atoms with E-state index in [9.17, 15) is 4.79 Å². The standard InChI is InChI=1S/C13H23NO2/c1-13(2,3)16-12(15)14-9-8-10-6-4-5-7-11(10)14/h10-11H,4-9H2,1-3H3/t10-,11?/m0/s1. The molecule has 2 rings (SSSR count). The Hall–Kier alpha value is -0.730. The van der Waals surface area contributed by atoms with Crippen molar-refractivity contribution in [2.45, 2.75) is 64.5 Å². The van der Waals surface area contributed by atoms with Crippen molar-refractivity contribution < 1.29 is 9.53 Å². The quantitative estimate of drug-likeness (QED) is 0.633. The Bertz CT molecular complexity index is 270. The van der Waals surface area contributed by atoms with Gasteiger partial charge in [0, 0.05) is 12.6 Å². The molecule has 0 N–H and O–H groups in total. The Balaban J connectivity index is 1.97. The summed E-state index contributed by atoms with van der Waals surface area (Å²) in [7, 11) is 0. The van der Waals surface area contributed by atoms with E-state index in [4.69, 9.17) is 4.74 Å². The zero-order chi connectivity index (χ0) is 11.8. The number of carbonyl (C=O) groups excluding carboxylic acids is 1. The summed E-state index contributed by atoms with van der Waals surface area (Å²) in [5.74, 6) is 0.737. The number of amides is 1. The molecule has 1 aliphatic carbocycles. The summed E-state index contributed by atoms with van der Waals surface area (Å²) in [6, 6.07) is 0.462. The van der Waals surface area contributed by atoms with Gasteiger partial charge in [0.2, 0.25) is 0 Å². The van der Waals surface area contributed by atoms with E-state index in [-0.39, 0.29) is 11.7 Å². The minimum Gasteiger partial charge on any atom is -0.444 e. The number of ether oxygens (including phenoxy) is 1. The zero-order valence-corrected chi connectivity index (χ0v) is 10.7. The topological polar surface area (TPSA) is 29.5 Å². The first-order valence-corrected chi connectivity index (χ1v) is 6.47. The van der Waals surface area contributed by atoms with Gasteiger partial charge in [-0.15, -0.1) is 0 Å². The lowest BCUT2D eigenvalue weighted by atomic mass is 9.85. The van der Waals surface area contributed by atoms with Crippen molar-refractivity contribution in [1.82, 2.24) is 4.90 Å². The molecule has 1 heterocycles. The Kier molecular flexibility index (Phi) is 3.13. The Morgan fingerprint density at radius 1 is 1.19 bits per heavy atom. The van der Waals surface area contributed by atoms with E-state index in [0.29, 0.717) is 6.04 Å². The van der Waals surface area contributed by atoms with Crippen LogP contribution in [0.4, 0.5) is 4.79 Å². The fraction of sp³-hybridized carbons (Fsp3) is 0.923. The molecule has 0 aromatic rings. The van der Waals surface area contributed by atoms with Gasteiger partial charge in [-0.2, -0.15) is 0 Å². The predicted octanol–water partition coefficient (Wildman–Crippen LogP) is 3.19. The second kappa shape index (κ2) is 4.27. The third-order valence-electron chi connectivity index (χ3n) is 3.64. The van der Waals surface area contributed by atoms with Crippen LogP contribution in [0.3, 0.4) is 0 Å². The highest BCUT2D eigenvalue weighted by molar-refractivity contribution is 5.69. The van der Waals surface area contributed by atoms with Crippen molar-refractivity contribution in [2.75, 3.05) is 6.54 Å². The van der Waals surface area contributed by atoms with Crippen LogP contribution in [0.15, 0.2) is 0 Å². The summed E-state index contributed by atoms with van der Waals surface area (Å²) in [6.07, 6.45) is 6.13. The van der Waals surface area contributed by atoms with Crippen molar-refractivity contribution in [1.29, 1.82) is 0 Å². The number of rotatable bonds is 0. The van der Waals surface area contributed by atoms with Crippen LogP contribution in [0.1, 0.15) is 52.9 Å². The van der Waals surface area contributed by atoms with E-state index >= 15 is 0 Å². The maximum Gasteiger partial charge on any atom is 0.410 e. The summed E-state index contributed by atoms with van der Waals surface area (Å²) in [5.41, 5.74) is -0.371. The molecule has 0 aromatic heterocycles. The molecule has 2 fully saturated rings. The first-order chi connectivity index (χ1) is 7.47. The Labute approximate surface area is 98.1 Å². The van der Waals surface area contributed by atoms with Crippen molar-refractivity contribution in [2.24, 2.45) is 5.92 Å². The molecule has 1 amide bonds. The number of hydrogen-bond acceptors (Lipinski definition) is 2. The average Bonchev–Trinajstić information content (AvgIpc) is 2.58. The Morgan fingerprint density at radius 3 is 2.56 bits per heavy atom. The van der Waals surface area contributed by atoms with E-state index in [1.54, 1.807) is 0 Å². The average molecular weight is 225 g/mol. The summed E-state index contributed by atoms with van der Waals surface area (Å²) in [6.45, 7) is 6.68. The molecule has 0 bridgehead atoms. The van der Waals surface area contributed by atoms with Crippen molar-refractivity contribution >= 4 is 6.09 Å². The molecule has 92 valence electrons. The fourth-order valence-corrected chi connectivity index (χ4v) is 2.95. The van der Waals surface area contributed by atoms with Crippen LogP contribution >= 0.6 is 0 Å². The number of likely N-dealkylation sites (tertiary alicyclic amines) is 1. The SMILES string of the molecule is CC(C)(C)OC(=O)N1CC[C@@H]2CCCCC21. The van der Waals surface area contributed by atoms with Gasteiger partial charge in [-0.1, -0.05) is 12.8 Å². The third-order valence-corrected chi connectivity index (χ3v) is 3.64. The monoisotopic (exact) mass is 225 g/mol. The molecule has 1 saturated heterocycles. The predicted molar refractivity (Wildman–Crippen MR) is 63.3 cm³/mol. The molecule has 0 radical (unpaired) electrons. The Morgan fingerprint density at radius 2 is 1.88 bits per heavy atom. The smallest absolute Gasteiger partial charge is 0.410 e. The van der Waals surface area contributed by atoms with Gasteiger partial charge < -0.3 is 9.64 Å². The molecule has 1 saturated carbocycles. The minimum atomic E-state index is -0.371. The van der Waals surface area contributed by atoms with E-state index in [1.807, 2.05) is 25.7 Å². The van der Waals surface area contributed by atoms with Gasteiger partial charge in [0.15, 0.2) is 0 Å². The molecule has 1 aliphatic heterocycles. The van der Waals surface area contributed by atoms with Crippen LogP contribution in [0, 0.1) is 5.92 Å². The molecule has 2 atom stereocenters. The van der Waals surface area contributed by atoms with Gasteiger partial charge in [-0.25, -0.2) is 4.79 Å². The van der Waals surface area contributed by atoms with Crippen LogP contribution in [-0.2, 0) is 4.74 Å². The number of carbonyl (C=O) groups is 1. The lowest BCUT2D eigenvalue weighted by Gasteiger charge is -2.33. The zero-order valence-electron chi connectivity index (χ0n) is 10.7. The first-order valence-electron chi connectivity index (χ1n) is 6.47. The fourth-order valence-electron chi connectivity index (χ4n) is 2.95. The first kappa shape index (κ1) is 11.7. The van der Waals surface area contributed by atoms with Crippen LogP contribution < -0.4 is 0 Å². The minimum absolute atomic E-state index is 0.109. The van der Waals surface area contributed by atoms with Crippen molar-refractivity contribution in [3.05, 3.63) is 0 Å². The molecule has 3 nitrogen and oxygen atoms in total. The van der Waals surface area contributed by atoms with Gasteiger partial charge in [0.25, 0.3) is 0 Å². The highest BCUT2D eigenvalue weighted by Gasteiger charge is 2.39. The van der Waals surface area contributed by atoms with E-state index < -0.39 is 0 Å². The van der Waals surface area contributed by atoms with E-state index in [0.717, 1.165) is 12.5 Å². The molecule has 2 aliphatic rings. The second-order valence-electron chi connectivity index (χ2n) is 6.07. The van der Waals surface area contributed by atoms with Gasteiger partial charge in [-0.05, 0) is 46.0 Å². The van der Waals surface area contributed by atoms with Gasteiger partial charge >= 0.3 is 6.09 Å². The van der Waals surface area contributed by atoms with Gasteiger partial charge in [0.1, 0.15) is 5.60 Å². The maximum atomic E-state index is 12.0. The number of nitrogens with zero attached hydrogens (tertiary/aromatic N) is 1. The van der Waals surface area contributed by atoms with Crippen LogP contribution in [-0.4, -0.2) is 29.2 Å². The third kappa shape index (κ3) is 2.50. The van der Waals surface area contributed by atoms with Crippen LogP contribution in [0.5, 0.6) is 0 Å². The van der Waals surface area contributed by atoms with Gasteiger partial charge in [0.05, 0.1) is 0 Å². The molecule has 1 unspecified atom stereocenters. The molecule has 0 aromatic carbocycles.